The van der Waals surface area contributed by atoms with E-state index in [0.29, 0.717) is 17.9 Å². The van der Waals surface area contributed by atoms with Crippen molar-refractivity contribution in [1.29, 1.82) is 0 Å². The van der Waals surface area contributed by atoms with E-state index < -0.39 is 5.97 Å². The third kappa shape index (κ3) is 2.48. The molecule has 0 aliphatic rings. The van der Waals surface area contributed by atoms with Crippen molar-refractivity contribution in [2.24, 2.45) is 0 Å². The van der Waals surface area contributed by atoms with Crippen LogP contribution < -0.4 is 4.74 Å². The van der Waals surface area contributed by atoms with Crippen LogP contribution in [0.5, 0.6) is 5.75 Å². The molecule has 0 spiro atoms. The molecule has 1 aromatic carbocycles. The maximum absolute atomic E-state index is 11.2. The Bertz CT molecular complexity index is 566. The Morgan fingerprint density at radius 2 is 2.11 bits per heavy atom. The maximum atomic E-state index is 11.2. The largest absolute Gasteiger partial charge is 0.492 e. The number of benzene rings is 1. The molecule has 0 saturated heterocycles. The summed E-state index contributed by atoms with van der Waals surface area (Å²) in [6, 6.07) is 8.63. The van der Waals surface area contributed by atoms with Crippen molar-refractivity contribution < 1.29 is 14.6 Å². The van der Waals surface area contributed by atoms with Gasteiger partial charge in [0.25, 0.3) is 0 Å². The first kappa shape index (κ1) is 12.1. The van der Waals surface area contributed by atoms with Crippen LogP contribution in [-0.2, 0) is 0 Å². The van der Waals surface area contributed by atoms with Gasteiger partial charge in [0, 0.05) is 11.8 Å². The lowest BCUT2D eigenvalue weighted by Crippen LogP contribution is -1.99. The Balaban J connectivity index is 2.48. The van der Waals surface area contributed by atoms with Crippen molar-refractivity contribution in [3.63, 3.8) is 0 Å². The second-order valence-electron chi connectivity index (χ2n) is 3.69. The smallest absolute Gasteiger partial charge is 0.336 e. The first-order valence-electron chi connectivity index (χ1n) is 5.63. The summed E-state index contributed by atoms with van der Waals surface area (Å²) in [5.74, 6) is -0.317. The Hall–Kier alpha value is -2.36. The second-order valence-corrected chi connectivity index (χ2v) is 3.69. The van der Waals surface area contributed by atoms with Gasteiger partial charge in [-0.05, 0) is 24.6 Å². The summed E-state index contributed by atoms with van der Waals surface area (Å²) >= 11 is 0. The Morgan fingerprint density at radius 3 is 2.83 bits per heavy atom. The molecule has 18 heavy (non-hydrogen) atoms. The predicted molar refractivity (Wildman–Crippen MR) is 67.8 cm³/mol. The van der Waals surface area contributed by atoms with Crippen LogP contribution in [0.2, 0.25) is 0 Å². The van der Waals surface area contributed by atoms with Gasteiger partial charge >= 0.3 is 5.97 Å². The van der Waals surface area contributed by atoms with Crippen molar-refractivity contribution in [3.8, 4) is 16.9 Å². The average Bonchev–Trinajstić information content (AvgIpc) is 2.39. The van der Waals surface area contributed by atoms with Crippen molar-refractivity contribution in [2.45, 2.75) is 6.92 Å². The fourth-order valence-corrected chi connectivity index (χ4v) is 1.73. The van der Waals surface area contributed by atoms with E-state index in [1.807, 2.05) is 6.92 Å². The minimum absolute atomic E-state index is 0.257. The van der Waals surface area contributed by atoms with Gasteiger partial charge < -0.3 is 9.84 Å². The van der Waals surface area contributed by atoms with E-state index in [1.54, 1.807) is 42.7 Å². The van der Waals surface area contributed by atoms with E-state index in [-0.39, 0.29) is 5.56 Å². The normalized spacial score (nSPS) is 10.1. The SMILES string of the molecule is CCOc1cncc(-c2ccccc2C(=O)O)c1. The van der Waals surface area contributed by atoms with Crippen LogP contribution in [0.3, 0.4) is 0 Å². The van der Waals surface area contributed by atoms with Crippen LogP contribution in [0.25, 0.3) is 11.1 Å². The van der Waals surface area contributed by atoms with Gasteiger partial charge in [-0.15, -0.1) is 0 Å². The molecule has 0 radical (unpaired) electrons. The molecule has 0 aliphatic carbocycles. The average molecular weight is 243 g/mol. The van der Waals surface area contributed by atoms with Crippen LogP contribution in [-0.4, -0.2) is 22.7 Å². The number of aromatic carboxylic acids is 1. The van der Waals surface area contributed by atoms with Gasteiger partial charge in [0.2, 0.25) is 0 Å². The number of carbonyl (C=O) groups is 1. The monoisotopic (exact) mass is 243 g/mol. The Labute approximate surface area is 105 Å². The lowest BCUT2D eigenvalue weighted by molar-refractivity contribution is 0.0697. The van der Waals surface area contributed by atoms with Gasteiger partial charge in [-0.3, -0.25) is 4.98 Å². The van der Waals surface area contributed by atoms with Crippen molar-refractivity contribution >= 4 is 5.97 Å². The highest BCUT2D eigenvalue weighted by Gasteiger charge is 2.11. The summed E-state index contributed by atoms with van der Waals surface area (Å²) in [5, 5.41) is 9.15. The summed E-state index contributed by atoms with van der Waals surface area (Å²) < 4.78 is 5.36. The van der Waals surface area contributed by atoms with E-state index in [2.05, 4.69) is 4.98 Å². The zero-order valence-electron chi connectivity index (χ0n) is 9.96. The molecule has 2 aromatic rings. The molecule has 1 N–H and O–H groups in total. The minimum Gasteiger partial charge on any atom is -0.492 e. The fourth-order valence-electron chi connectivity index (χ4n) is 1.73. The summed E-state index contributed by atoms with van der Waals surface area (Å²) in [7, 11) is 0. The number of carboxylic acids is 1. The first-order chi connectivity index (χ1) is 8.72. The van der Waals surface area contributed by atoms with Crippen molar-refractivity contribution in [3.05, 3.63) is 48.3 Å². The highest BCUT2D eigenvalue weighted by atomic mass is 16.5. The van der Waals surface area contributed by atoms with Crippen LogP contribution in [0.4, 0.5) is 0 Å². The second kappa shape index (κ2) is 5.31. The summed E-state index contributed by atoms with van der Waals surface area (Å²) in [4.78, 5) is 15.2. The predicted octanol–water partition coefficient (Wildman–Crippen LogP) is 2.85. The zero-order valence-corrected chi connectivity index (χ0v) is 9.96. The lowest BCUT2D eigenvalue weighted by Gasteiger charge is -2.08. The molecule has 4 heteroatoms. The molecule has 0 atom stereocenters. The standard InChI is InChI=1S/C14H13NO3/c1-2-18-11-7-10(8-15-9-11)12-5-3-4-6-13(12)14(16)17/h3-9H,2H2,1H3,(H,16,17). The molecule has 0 aliphatic heterocycles. The van der Waals surface area contributed by atoms with Gasteiger partial charge in [-0.2, -0.15) is 0 Å². The molecule has 2 rings (SSSR count). The van der Waals surface area contributed by atoms with Crippen molar-refractivity contribution in [2.75, 3.05) is 6.61 Å². The van der Waals surface area contributed by atoms with Crippen LogP contribution in [0, 0.1) is 0 Å². The van der Waals surface area contributed by atoms with Crippen LogP contribution in [0.1, 0.15) is 17.3 Å². The topological polar surface area (TPSA) is 59.4 Å². The molecule has 1 heterocycles. The summed E-state index contributed by atoms with van der Waals surface area (Å²) in [5.41, 5.74) is 1.63. The highest BCUT2D eigenvalue weighted by molar-refractivity contribution is 5.95. The minimum atomic E-state index is -0.951. The molecular formula is C14H13NO3. The summed E-state index contributed by atoms with van der Waals surface area (Å²) in [6.45, 7) is 2.43. The lowest BCUT2D eigenvalue weighted by atomic mass is 10.0. The number of carboxylic acid groups (broad SMARTS) is 1. The van der Waals surface area contributed by atoms with E-state index >= 15 is 0 Å². The zero-order chi connectivity index (χ0) is 13.0. The molecule has 4 nitrogen and oxygen atoms in total. The van der Waals surface area contributed by atoms with E-state index in [1.165, 1.54) is 0 Å². The molecule has 0 saturated carbocycles. The molecule has 1 aromatic heterocycles. The van der Waals surface area contributed by atoms with Gasteiger partial charge in [0.05, 0.1) is 18.4 Å². The van der Waals surface area contributed by atoms with Gasteiger partial charge in [0.1, 0.15) is 5.75 Å². The first-order valence-corrected chi connectivity index (χ1v) is 5.63. The maximum Gasteiger partial charge on any atom is 0.336 e. The molecule has 0 fully saturated rings. The quantitative estimate of drug-likeness (QED) is 0.897. The molecule has 92 valence electrons. The molecular weight excluding hydrogens is 230 g/mol. The fraction of sp³-hybridized carbons (Fsp3) is 0.143. The number of ether oxygens (including phenoxy) is 1. The van der Waals surface area contributed by atoms with Gasteiger partial charge in [-0.25, -0.2) is 4.79 Å². The molecule has 0 bridgehead atoms. The number of hydrogen-bond acceptors (Lipinski definition) is 3. The number of nitrogens with zero attached hydrogens (tertiary/aromatic N) is 1. The van der Waals surface area contributed by atoms with Crippen molar-refractivity contribution in [1.82, 2.24) is 4.98 Å². The third-order valence-corrected chi connectivity index (χ3v) is 2.49. The van der Waals surface area contributed by atoms with Gasteiger partial charge in [0.15, 0.2) is 0 Å². The number of rotatable bonds is 4. The highest BCUT2D eigenvalue weighted by Crippen LogP contribution is 2.25. The molecule has 0 unspecified atom stereocenters. The van der Waals surface area contributed by atoms with E-state index in [0.717, 1.165) is 5.56 Å². The number of hydrogen-bond donors (Lipinski definition) is 1. The number of pyridine rings is 1. The Morgan fingerprint density at radius 1 is 1.33 bits per heavy atom. The summed E-state index contributed by atoms with van der Waals surface area (Å²) in [6.07, 6.45) is 3.24. The third-order valence-electron chi connectivity index (χ3n) is 2.49. The van der Waals surface area contributed by atoms with E-state index in [9.17, 15) is 4.79 Å². The van der Waals surface area contributed by atoms with Crippen LogP contribution in [0.15, 0.2) is 42.7 Å². The van der Waals surface area contributed by atoms with Crippen LogP contribution >= 0.6 is 0 Å². The Kier molecular flexibility index (Phi) is 3.57. The number of aromatic nitrogens is 1. The van der Waals surface area contributed by atoms with Gasteiger partial charge in [-0.1, -0.05) is 18.2 Å². The molecule has 0 amide bonds. The van der Waals surface area contributed by atoms with E-state index in [4.69, 9.17) is 9.84 Å².